The summed E-state index contributed by atoms with van der Waals surface area (Å²) in [6, 6.07) is 5.18. The van der Waals surface area contributed by atoms with Crippen molar-refractivity contribution >= 4 is 27.5 Å². The second-order valence-electron chi connectivity index (χ2n) is 4.83. The van der Waals surface area contributed by atoms with E-state index in [1.807, 2.05) is 0 Å². The molecule has 1 aromatic rings. The Labute approximate surface area is 124 Å². The van der Waals surface area contributed by atoms with E-state index in [1.165, 1.54) is 12.1 Å². The minimum absolute atomic E-state index is 0.0612. The molecule has 0 radical (unpaired) electrons. The highest BCUT2D eigenvalue weighted by Gasteiger charge is 2.27. The first-order valence-electron chi connectivity index (χ1n) is 6.47. The van der Waals surface area contributed by atoms with Crippen LogP contribution in [0.2, 0.25) is 5.02 Å². The van der Waals surface area contributed by atoms with Gasteiger partial charge in [-0.05, 0) is 38.0 Å². The fraction of sp³-hybridized carbons (Fsp3) is 0.462. The SMILES string of the molecule is C[C@@H](NS(=O)(=O)c1cccc(Cl)c1)C(=O)N1CCCC1. The van der Waals surface area contributed by atoms with Crippen molar-refractivity contribution in [1.82, 2.24) is 9.62 Å². The van der Waals surface area contributed by atoms with E-state index in [-0.39, 0.29) is 10.8 Å². The van der Waals surface area contributed by atoms with E-state index in [4.69, 9.17) is 11.6 Å². The van der Waals surface area contributed by atoms with Gasteiger partial charge in [-0.25, -0.2) is 8.42 Å². The number of hydrogen-bond acceptors (Lipinski definition) is 3. The lowest BCUT2D eigenvalue weighted by molar-refractivity contribution is -0.131. The highest BCUT2D eigenvalue weighted by molar-refractivity contribution is 7.89. The maximum Gasteiger partial charge on any atom is 0.241 e. The van der Waals surface area contributed by atoms with E-state index in [9.17, 15) is 13.2 Å². The maximum absolute atomic E-state index is 12.2. The average molecular weight is 317 g/mol. The number of nitrogens with one attached hydrogen (secondary N) is 1. The van der Waals surface area contributed by atoms with Gasteiger partial charge >= 0.3 is 0 Å². The molecule has 0 unspecified atom stereocenters. The number of carbonyl (C=O) groups is 1. The van der Waals surface area contributed by atoms with Gasteiger partial charge in [-0.1, -0.05) is 17.7 Å². The Bertz CT molecular complexity index is 597. The van der Waals surface area contributed by atoms with E-state index < -0.39 is 16.1 Å². The molecule has 1 saturated heterocycles. The molecule has 1 aromatic carbocycles. The Balaban J connectivity index is 2.09. The summed E-state index contributed by atoms with van der Waals surface area (Å²) in [5.74, 6) is -0.187. The summed E-state index contributed by atoms with van der Waals surface area (Å²) >= 11 is 5.79. The molecule has 0 aromatic heterocycles. The zero-order valence-corrected chi connectivity index (χ0v) is 12.7. The van der Waals surface area contributed by atoms with Gasteiger partial charge in [0.05, 0.1) is 10.9 Å². The maximum atomic E-state index is 12.2. The normalized spacial score (nSPS) is 17.2. The second kappa shape index (κ2) is 6.11. The lowest BCUT2D eigenvalue weighted by Crippen LogP contribution is -2.45. The van der Waals surface area contributed by atoms with E-state index in [0.29, 0.717) is 18.1 Å². The summed E-state index contributed by atoms with van der Waals surface area (Å²) in [6.45, 7) is 2.95. The molecule has 1 atom stereocenters. The van der Waals surface area contributed by atoms with Crippen molar-refractivity contribution in [1.29, 1.82) is 0 Å². The standard InChI is InChI=1S/C13H17ClN2O3S/c1-10(13(17)16-7-2-3-8-16)15-20(18,19)12-6-4-5-11(14)9-12/h4-6,9-10,15H,2-3,7-8H2,1H3/t10-/m1/s1. The van der Waals surface area contributed by atoms with Crippen LogP contribution in [0.1, 0.15) is 19.8 Å². The molecule has 1 N–H and O–H groups in total. The van der Waals surface area contributed by atoms with Crippen molar-refractivity contribution in [3.63, 3.8) is 0 Å². The van der Waals surface area contributed by atoms with Crippen molar-refractivity contribution in [3.8, 4) is 0 Å². The zero-order chi connectivity index (χ0) is 14.8. The van der Waals surface area contributed by atoms with Gasteiger partial charge in [-0.15, -0.1) is 0 Å². The number of hydrogen-bond donors (Lipinski definition) is 1. The molecule has 1 heterocycles. The Hall–Kier alpha value is -1.11. The minimum Gasteiger partial charge on any atom is -0.341 e. The molecule has 1 fully saturated rings. The highest BCUT2D eigenvalue weighted by atomic mass is 35.5. The van der Waals surface area contributed by atoms with E-state index in [1.54, 1.807) is 24.0 Å². The first kappa shape index (κ1) is 15.3. The number of nitrogens with zero attached hydrogens (tertiary/aromatic N) is 1. The van der Waals surface area contributed by atoms with E-state index in [2.05, 4.69) is 4.72 Å². The third-order valence-electron chi connectivity index (χ3n) is 3.23. The van der Waals surface area contributed by atoms with E-state index in [0.717, 1.165) is 12.8 Å². The Morgan fingerprint density at radius 1 is 1.35 bits per heavy atom. The number of benzene rings is 1. The molecule has 0 aliphatic carbocycles. The summed E-state index contributed by atoms with van der Waals surface area (Å²) in [4.78, 5) is 13.8. The lowest BCUT2D eigenvalue weighted by atomic mass is 10.3. The van der Waals surface area contributed by atoms with Crippen LogP contribution in [0.25, 0.3) is 0 Å². The van der Waals surface area contributed by atoms with Crippen LogP contribution in [0, 0.1) is 0 Å². The summed E-state index contributed by atoms with van der Waals surface area (Å²) in [5, 5.41) is 0.339. The third-order valence-corrected chi connectivity index (χ3v) is 5.00. The summed E-state index contributed by atoms with van der Waals surface area (Å²) in [6.07, 6.45) is 1.94. The second-order valence-corrected chi connectivity index (χ2v) is 6.98. The molecule has 110 valence electrons. The number of likely N-dealkylation sites (tertiary alicyclic amines) is 1. The monoisotopic (exact) mass is 316 g/mol. The first-order chi connectivity index (χ1) is 9.40. The van der Waals surface area contributed by atoms with Crippen molar-refractivity contribution in [2.24, 2.45) is 0 Å². The minimum atomic E-state index is -3.74. The Kier molecular flexibility index (Phi) is 4.67. The Morgan fingerprint density at radius 3 is 2.60 bits per heavy atom. The van der Waals surface area contributed by atoms with Crippen LogP contribution in [-0.4, -0.2) is 38.4 Å². The summed E-state index contributed by atoms with van der Waals surface area (Å²) in [7, 11) is -3.74. The van der Waals surface area contributed by atoms with Crippen LogP contribution in [0.5, 0.6) is 0 Å². The smallest absolute Gasteiger partial charge is 0.241 e. The molecule has 7 heteroatoms. The van der Waals surface area contributed by atoms with Crippen molar-refractivity contribution in [2.75, 3.05) is 13.1 Å². The number of sulfonamides is 1. The third kappa shape index (κ3) is 3.50. The molecule has 0 spiro atoms. The molecule has 2 rings (SSSR count). The summed E-state index contributed by atoms with van der Waals surface area (Å²) in [5.41, 5.74) is 0. The van der Waals surface area contributed by atoms with E-state index >= 15 is 0 Å². The lowest BCUT2D eigenvalue weighted by Gasteiger charge is -2.21. The first-order valence-corrected chi connectivity index (χ1v) is 8.33. The van der Waals surface area contributed by atoms with Crippen LogP contribution in [0.4, 0.5) is 0 Å². The van der Waals surface area contributed by atoms with Gasteiger partial charge in [-0.3, -0.25) is 4.79 Å². The van der Waals surface area contributed by atoms with Crippen LogP contribution < -0.4 is 4.72 Å². The van der Waals surface area contributed by atoms with Gasteiger partial charge in [0.2, 0.25) is 15.9 Å². The topological polar surface area (TPSA) is 66.5 Å². The molecular weight excluding hydrogens is 300 g/mol. The molecule has 1 amide bonds. The average Bonchev–Trinajstić information content (AvgIpc) is 2.91. The van der Waals surface area contributed by atoms with Crippen molar-refractivity contribution in [2.45, 2.75) is 30.7 Å². The number of amides is 1. The van der Waals surface area contributed by atoms with Crippen molar-refractivity contribution in [3.05, 3.63) is 29.3 Å². The summed E-state index contributed by atoms with van der Waals surface area (Å²) < 4.78 is 26.7. The number of carbonyl (C=O) groups excluding carboxylic acids is 1. The fourth-order valence-corrected chi connectivity index (χ4v) is 3.69. The molecule has 0 saturated carbocycles. The molecule has 5 nitrogen and oxygen atoms in total. The van der Waals surface area contributed by atoms with Gasteiger partial charge < -0.3 is 4.90 Å². The largest absolute Gasteiger partial charge is 0.341 e. The van der Waals surface area contributed by atoms with Gasteiger partial charge in [0.1, 0.15) is 0 Å². The number of rotatable bonds is 4. The van der Waals surface area contributed by atoms with Crippen LogP contribution in [0.15, 0.2) is 29.2 Å². The van der Waals surface area contributed by atoms with Gasteiger partial charge in [0.25, 0.3) is 0 Å². The molecule has 0 bridgehead atoms. The molecule has 20 heavy (non-hydrogen) atoms. The fourth-order valence-electron chi connectivity index (χ4n) is 2.20. The Morgan fingerprint density at radius 2 is 2.00 bits per heavy atom. The van der Waals surface area contributed by atoms with Gasteiger partial charge in [0, 0.05) is 18.1 Å². The molecular formula is C13H17ClN2O3S. The van der Waals surface area contributed by atoms with Crippen molar-refractivity contribution < 1.29 is 13.2 Å². The zero-order valence-electron chi connectivity index (χ0n) is 11.2. The van der Waals surface area contributed by atoms with Crippen LogP contribution >= 0.6 is 11.6 Å². The quantitative estimate of drug-likeness (QED) is 0.918. The molecule has 1 aliphatic heterocycles. The highest BCUT2D eigenvalue weighted by Crippen LogP contribution is 2.16. The van der Waals surface area contributed by atoms with Crippen LogP contribution in [0.3, 0.4) is 0 Å². The predicted molar refractivity (Wildman–Crippen MR) is 77.0 cm³/mol. The van der Waals surface area contributed by atoms with Crippen LogP contribution in [-0.2, 0) is 14.8 Å². The predicted octanol–water partition coefficient (Wildman–Crippen LogP) is 1.63. The number of halogens is 1. The van der Waals surface area contributed by atoms with Gasteiger partial charge in [-0.2, -0.15) is 4.72 Å². The van der Waals surface area contributed by atoms with Gasteiger partial charge in [0.15, 0.2) is 0 Å². The molecule has 1 aliphatic rings.